The van der Waals surface area contributed by atoms with Gasteiger partial charge in [0.1, 0.15) is 0 Å². The number of ether oxygens (including phenoxy) is 1. The number of halogens is 1. The van der Waals surface area contributed by atoms with Gasteiger partial charge in [0, 0.05) is 22.7 Å². The molecule has 0 saturated carbocycles. The Kier molecular flexibility index (Phi) is 5.31. The van der Waals surface area contributed by atoms with Gasteiger partial charge in [-0.3, -0.25) is 10.00 Å². The number of hydrogen-bond acceptors (Lipinski definition) is 4. The molecule has 1 aliphatic heterocycles. The van der Waals surface area contributed by atoms with Gasteiger partial charge in [0.15, 0.2) is 11.9 Å². The van der Waals surface area contributed by atoms with Crippen molar-refractivity contribution in [3.05, 3.63) is 30.0 Å². The molecule has 0 aliphatic carbocycles. The zero-order chi connectivity index (χ0) is 18.8. The molecule has 1 unspecified atom stereocenters. The minimum absolute atomic E-state index is 0.0124. The van der Waals surface area contributed by atoms with E-state index in [-0.39, 0.29) is 17.9 Å². The van der Waals surface area contributed by atoms with E-state index >= 15 is 0 Å². The molecular formula is C18H21BrN4O3. The lowest BCUT2D eigenvalue weighted by atomic mass is 10.0. The number of fused-ring (bicyclic) bond motifs is 3. The number of carbonyl (C=O) groups excluding carboxylic acids is 2. The third kappa shape index (κ3) is 3.46. The lowest BCUT2D eigenvalue weighted by Gasteiger charge is -2.19. The molecule has 3 rings (SSSR count). The molecule has 2 heterocycles. The molecule has 0 fully saturated rings. The first-order chi connectivity index (χ1) is 12.4. The zero-order valence-electron chi connectivity index (χ0n) is 14.9. The smallest absolute Gasteiger partial charge is 0.331 e. The summed E-state index contributed by atoms with van der Waals surface area (Å²) in [6, 6.07) is 4.92. The lowest BCUT2D eigenvalue weighted by molar-refractivity contribution is -0.148. The number of esters is 1. The van der Waals surface area contributed by atoms with Gasteiger partial charge in [0.25, 0.3) is 0 Å². The van der Waals surface area contributed by atoms with E-state index in [0.29, 0.717) is 23.4 Å². The number of anilines is 2. The van der Waals surface area contributed by atoms with Crippen LogP contribution in [-0.2, 0) is 14.9 Å². The minimum atomic E-state index is -0.558. The first-order valence-electron chi connectivity index (χ1n) is 8.47. The summed E-state index contributed by atoms with van der Waals surface area (Å²) in [5.41, 5.74) is 3.36. The van der Waals surface area contributed by atoms with Crippen LogP contribution in [0.4, 0.5) is 16.3 Å². The molecule has 0 bridgehead atoms. The van der Waals surface area contributed by atoms with Crippen LogP contribution in [0.3, 0.4) is 0 Å². The van der Waals surface area contributed by atoms with Gasteiger partial charge >= 0.3 is 12.0 Å². The Labute approximate surface area is 160 Å². The molecular weight excluding hydrogens is 400 g/mol. The van der Waals surface area contributed by atoms with E-state index in [1.54, 1.807) is 17.8 Å². The van der Waals surface area contributed by atoms with Gasteiger partial charge in [-0.15, -0.1) is 0 Å². The van der Waals surface area contributed by atoms with Crippen molar-refractivity contribution in [3.63, 3.8) is 0 Å². The Morgan fingerprint density at radius 3 is 2.73 bits per heavy atom. The summed E-state index contributed by atoms with van der Waals surface area (Å²) >= 11 is 3.43. The monoisotopic (exact) mass is 420 g/mol. The van der Waals surface area contributed by atoms with E-state index < -0.39 is 6.04 Å². The number of urea groups is 1. The highest BCUT2D eigenvalue weighted by molar-refractivity contribution is 9.08. The SMILES string of the molecule is CCOC(=O)C(C(C)C)n1cc2c(n1)NC(=O)Nc1cc(CBr)ccc1-2. The summed E-state index contributed by atoms with van der Waals surface area (Å²) in [6.45, 7) is 5.95. The van der Waals surface area contributed by atoms with Gasteiger partial charge in [-0.25, -0.2) is 9.59 Å². The molecule has 8 heteroatoms. The molecule has 138 valence electrons. The van der Waals surface area contributed by atoms with Crippen molar-refractivity contribution in [2.75, 3.05) is 17.2 Å². The molecule has 2 aromatic rings. The number of nitrogens with zero attached hydrogens (tertiary/aromatic N) is 2. The van der Waals surface area contributed by atoms with Crippen molar-refractivity contribution in [2.24, 2.45) is 5.92 Å². The van der Waals surface area contributed by atoms with Crippen LogP contribution in [0.5, 0.6) is 0 Å². The van der Waals surface area contributed by atoms with Crippen LogP contribution in [0, 0.1) is 5.92 Å². The number of alkyl halides is 1. The van der Waals surface area contributed by atoms with Crippen molar-refractivity contribution in [3.8, 4) is 11.1 Å². The number of nitrogens with one attached hydrogen (secondary N) is 2. The molecule has 1 atom stereocenters. The maximum atomic E-state index is 12.4. The van der Waals surface area contributed by atoms with Crippen LogP contribution < -0.4 is 10.6 Å². The predicted molar refractivity (Wildman–Crippen MR) is 103 cm³/mol. The second kappa shape index (κ2) is 7.49. The van der Waals surface area contributed by atoms with Gasteiger partial charge in [-0.1, -0.05) is 41.9 Å². The van der Waals surface area contributed by atoms with Crippen molar-refractivity contribution in [2.45, 2.75) is 32.1 Å². The van der Waals surface area contributed by atoms with E-state index in [4.69, 9.17) is 4.74 Å². The molecule has 1 aliphatic rings. The first kappa shape index (κ1) is 18.4. The maximum Gasteiger partial charge on any atom is 0.331 e. The molecule has 0 spiro atoms. The first-order valence-corrected chi connectivity index (χ1v) is 9.59. The maximum absolute atomic E-state index is 12.4. The van der Waals surface area contributed by atoms with Crippen LogP contribution >= 0.6 is 15.9 Å². The predicted octanol–water partition coefficient (Wildman–Crippen LogP) is 4.16. The number of amides is 2. The molecule has 2 amide bonds. The van der Waals surface area contributed by atoms with E-state index in [1.165, 1.54) is 0 Å². The normalized spacial score (nSPS) is 14.0. The molecule has 7 nitrogen and oxygen atoms in total. The molecule has 0 saturated heterocycles. The largest absolute Gasteiger partial charge is 0.464 e. The van der Waals surface area contributed by atoms with Gasteiger partial charge in [-0.05, 0) is 24.5 Å². The standard InChI is InChI=1S/C18H21BrN4O3/c1-4-26-17(24)15(10(2)3)23-9-13-12-6-5-11(8-19)7-14(12)20-18(25)21-16(13)22-23/h5-7,9-10,15H,4,8H2,1-3H3,(H2,20,21,22,25). The van der Waals surface area contributed by atoms with Gasteiger partial charge < -0.3 is 10.1 Å². The molecule has 1 aromatic heterocycles. The lowest BCUT2D eigenvalue weighted by Crippen LogP contribution is -2.27. The summed E-state index contributed by atoms with van der Waals surface area (Å²) in [5.74, 6) is 0.0731. The Morgan fingerprint density at radius 1 is 1.31 bits per heavy atom. The molecule has 2 N–H and O–H groups in total. The fraction of sp³-hybridized carbons (Fsp3) is 0.389. The second-order valence-electron chi connectivity index (χ2n) is 6.40. The summed E-state index contributed by atoms with van der Waals surface area (Å²) in [7, 11) is 0. The Bertz CT molecular complexity index is 847. The number of aromatic nitrogens is 2. The van der Waals surface area contributed by atoms with E-state index in [2.05, 4.69) is 31.7 Å². The topological polar surface area (TPSA) is 85.2 Å². The number of benzene rings is 1. The average Bonchev–Trinajstić information content (AvgIpc) is 2.91. The van der Waals surface area contributed by atoms with E-state index in [1.807, 2.05) is 32.0 Å². The highest BCUT2D eigenvalue weighted by Gasteiger charge is 2.29. The van der Waals surface area contributed by atoms with Gasteiger partial charge in [0.05, 0.1) is 12.3 Å². The third-order valence-corrected chi connectivity index (χ3v) is 4.83. The Balaban J connectivity index is 2.09. The van der Waals surface area contributed by atoms with Crippen LogP contribution in [0.25, 0.3) is 11.1 Å². The van der Waals surface area contributed by atoms with Crippen LogP contribution in [0.1, 0.15) is 32.4 Å². The summed E-state index contributed by atoms with van der Waals surface area (Å²) in [6.07, 6.45) is 1.79. The van der Waals surface area contributed by atoms with Crippen LogP contribution in [-0.4, -0.2) is 28.4 Å². The molecule has 1 aromatic carbocycles. The van der Waals surface area contributed by atoms with E-state index in [0.717, 1.165) is 16.7 Å². The number of rotatable bonds is 5. The summed E-state index contributed by atoms with van der Waals surface area (Å²) < 4.78 is 6.78. The van der Waals surface area contributed by atoms with Gasteiger partial charge in [-0.2, -0.15) is 5.10 Å². The Morgan fingerprint density at radius 2 is 2.08 bits per heavy atom. The highest BCUT2D eigenvalue weighted by atomic mass is 79.9. The van der Waals surface area contributed by atoms with Crippen molar-refractivity contribution in [1.29, 1.82) is 0 Å². The average molecular weight is 421 g/mol. The molecule has 0 radical (unpaired) electrons. The Hall–Kier alpha value is -2.35. The van der Waals surface area contributed by atoms with Crippen molar-refractivity contribution < 1.29 is 14.3 Å². The molecule has 26 heavy (non-hydrogen) atoms. The van der Waals surface area contributed by atoms with Crippen LogP contribution in [0.15, 0.2) is 24.4 Å². The van der Waals surface area contributed by atoms with Crippen molar-refractivity contribution >= 4 is 39.4 Å². The fourth-order valence-corrected chi connectivity index (χ4v) is 3.36. The van der Waals surface area contributed by atoms with E-state index in [9.17, 15) is 9.59 Å². The highest BCUT2D eigenvalue weighted by Crippen LogP contribution is 2.37. The van der Waals surface area contributed by atoms with Crippen molar-refractivity contribution in [1.82, 2.24) is 9.78 Å². The van der Waals surface area contributed by atoms with Crippen LogP contribution in [0.2, 0.25) is 0 Å². The minimum Gasteiger partial charge on any atom is -0.464 e. The summed E-state index contributed by atoms with van der Waals surface area (Å²) in [4.78, 5) is 24.6. The fourth-order valence-electron chi connectivity index (χ4n) is 3.01. The number of carbonyl (C=O) groups is 2. The zero-order valence-corrected chi connectivity index (χ0v) is 16.5. The second-order valence-corrected chi connectivity index (χ2v) is 6.97. The number of hydrogen-bond donors (Lipinski definition) is 2. The third-order valence-electron chi connectivity index (χ3n) is 4.19. The van der Waals surface area contributed by atoms with Gasteiger partial charge in [0.2, 0.25) is 0 Å². The quantitative estimate of drug-likeness (QED) is 0.561. The summed E-state index contributed by atoms with van der Waals surface area (Å²) in [5, 5.41) is 10.7.